The van der Waals surface area contributed by atoms with Crippen molar-refractivity contribution in [3.8, 4) is 0 Å². The van der Waals surface area contributed by atoms with Gasteiger partial charge in [0.25, 0.3) is 5.91 Å². The van der Waals surface area contributed by atoms with E-state index < -0.39 is 10.0 Å². The first-order chi connectivity index (χ1) is 12.7. The Balaban J connectivity index is 2.01. The van der Waals surface area contributed by atoms with E-state index in [0.29, 0.717) is 12.1 Å². The van der Waals surface area contributed by atoms with Crippen LogP contribution in [0.5, 0.6) is 0 Å². The van der Waals surface area contributed by atoms with Crippen LogP contribution in [0.2, 0.25) is 0 Å². The van der Waals surface area contributed by atoms with Gasteiger partial charge in [-0.25, -0.2) is 12.7 Å². The molecule has 1 amide bonds. The zero-order chi connectivity index (χ0) is 20.0. The van der Waals surface area contributed by atoms with Crippen LogP contribution >= 0.6 is 0 Å². The second-order valence-corrected chi connectivity index (χ2v) is 8.98. The minimum Gasteiger partial charge on any atom is -0.350 e. The van der Waals surface area contributed by atoms with Crippen LogP contribution in [0.1, 0.15) is 15.9 Å². The maximum Gasteiger partial charge on any atom is 0.251 e. The topological polar surface area (TPSA) is 69.7 Å². The van der Waals surface area contributed by atoms with Crippen molar-refractivity contribution in [2.45, 2.75) is 17.4 Å². The van der Waals surface area contributed by atoms with Crippen molar-refractivity contribution in [2.24, 2.45) is 0 Å². The molecule has 0 spiro atoms. The maximum absolute atomic E-state index is 12.4. The van der Waals surface area contributed by atoms with Crippen molar-refractivity contribution in [2.75, 3.05) is 34.7 Å². The molecule has 0 fully saturated rings. The first-order valence-corrected chi connectivity index (χ1v) is 10.2. The second kappa shape index (κ2) is 9.12. The van der Waals surface area contributed by atoms with Gasteiger partial charge < -0.3 is 10.2 Å². The number of carbonyl (C=O) groups excluding carboxylic acids is 1. The summed E-state index contributed by atoms with van der Waals surface area (Å²) >= 11 is 0. The van der Waals surface area contributed by atoms with Crippen LogP contribution in [0.25, 0.3) is 0 Å². The normalized spacial score (nSPS) is 13.0. The van der Waals surface area contributed by atoms with Gasteiger partial charge in [0.2, 0.25) is 10.0 Å². The molecule has 27 heavy (non-hydrogen) atoms. The summed E-state index contributed by atoms with van der Waals surface area (Å²) in [6, 6.07) is 16.3. The number of benzene rings is 2. The number of amides is 1. The summed E-state index contributed by atoms with van der Waals surface area (Å²) in [4.78, 5) is 14.7. The second-order valence-electron chi connectivity index (χ2n) is 6.83. The molecule has 0 heterocycles. The molecule has 0 aliphatic carbocycles. The van der Waals surface area contributed by atoms with Crippen LogP contribution in [0.3, 0.4) is 0 Å². The molecule has 1 N–H and O–H groups in total. The van der Waals surface area contributed by atoms with E-state index in [9.17, 15) is 13.2 Å². The molecular formula is C20H27N3O3S. The summed E-state index contributed by atoms with van der Waals surface area (Å²) < 4.78 is 25.3. The van der Waals surface area contributed by atoms with E-state index in [1.54, 1.807) is 0 Å². The van der Waals surface area contributed by atoms with Gasteiger partial charge in [-0.1, -0.05) is 30.3 Å². The lowest BCUT2D eigenvalue weighted by Crippen LogP contribution is -2.41. The lowest BCUT2D eigenvalue weighted by Gasteiger charge is -2.25. The van der Waals surface area contributed by atoms with E-state index in [0.717, 1.165) is 10.7 Å². The van der Waals surface area contributed by atoms with Gasteiger partial charge in [-0.3, -0.25) is 4.79 Å². The monoisotopic (exact) mass is 389 g/mol. The molecule has 0 aliphatic rings. The number of nitrogens with zero attached hydrogens (tertiary/aromatic N) is 2. The lowest BCUT2D eigenvalue weighted by atomic mass is 10.1. The highest BCUT2D eigenvalue weighted by Gasteiger charge is 2.18. The van der Waals surface area contributed by atoms with E-state index in [2.05, 4.69) is 22.3 Å². The van der Waals surface area contributed by atoms with Crippen molar-refractivity contribution in [3.63, 3.8) is 0 Å². The molecule has 2 aromatic carbocycles. The summed E-state index contributed by atoms with van der Waals surface area (Å²) in [5.41, 5.74) is 1.65. The number of nitrogens with one attached hydrogen (secondary N) is 1. The van der Waals surface area contributed by atoms with E-state index in [4.69, 9.17) is 0 Å². The zero-order valence-corrected chi connectivity index (χ0v) is 17.0. The quantitative estimate of drug-likeness (QED) is 0.748. The van der Waals surface area contributed by atoms with E-state index in [1.807, 2.05) is 32.3 Å². The highest BCUT2D eigenvalue weighted by Crippen LogP contribution is 2.14. The van der Waals surface area contributed by atoms with Crippen LogP contribution in [-0.4, -0.2) is 64.3 Å². The molecule has 0 unspecified atom stereocenters. The fourth-order valence-electron chi connectivity index (χ4n) is 2.63. The molecule has 2 aromatic rings. The first kappa shape index (κ1) is 21.1. The summed E-state index contributed by atoms with van der Waals surface area (Å²) in [6.07, 6.45) is 0.828. The van der Waals surface area contributed by atoms with Crippen molar-refractivity contribution in [1.82, 2.24) is 14.5 Å². The van der Waals surface area contributed by atoms with Gasteiger partial charge in [0.05, 0.1) is 4.90 Å². The minimum atomic E-state index is -3.50. The Morgan fingerprint density at radius 2 is 1.56 bits per heavy atom. The highest BCUT2D eigenvalue weighted by atomic mass is 32.2. The Hall–Kier alpha value is -2.22. The third-order valence-corrected chi connectivity index (χ3v) is 6.27. The highest BCUT2D eigenvalue weighted by molar-refractivity contribution is 7.89. The molecule has 146 valence electrons. The Bertz CT molecular complexity index is 848. The standard InChI is InChI=1S/C20H27N3O3S/c1-22(2)18(14-16-8-6-5-7-9-16)15-21-20(24)17-10-12-19(13-11-17)27(25,26)23(3)4/h5-13,18H,14-15H2,1-4H3,(H,21,24)/t18-/m1/s1. The number of sulfonamides is 1. The van der Waals surface area contributed by atoms with Crippen LogP contribution in [0, 0.1) is 0 Å². The lowest BCUT2D eigenvalue weighted by molar-refractivity contribution is 0.0941. The van der Waals surface area contributed by atoms with Crippen LogP contribution in [0.15, 0.2) is 59.5 Å². The van der Waals surface area contributed by atoms with Crippen molar-refractivity contribution in [3.05, 3.63) is 65.7 Å². The molecule has 0 saturated carbocycles. The maximum atomic E-state index is 12.4. The molecule has 0 aliphatic heterocycles. The van der Waals surface area contributed by atoms with Gasteiger partial charge in [0, 0.05) is 32.2 Å². The van der Waals surface area contributed by atoms with E-state index in [-0.39, 0.29) is 16.8 Å². The Kier molecular flexibility index (Phi) is 7.12. The van der Waals surface area contributed by atoms with Crippen LogP contribution < -0.4 is 5.32 Å². The first-order valence-electron chi connectivity index (χ1n) is 8.73. The van der Waals surface area contributed by atoms with Gasteiger partial charge in [-0.2, -0.15) is 0 Å². The molecular weight excluding hydrogens is 362 g/mol. The van der Waals surface area contributed by atoms with Crippen LogP contribution in [-0.2, 0) is 16.4 Å². The van der Waals surface area contributed by atoms with Crippen molar-refractivity contribution < 1.29 is 13.2 Å². The largest absolute Gasteiger partial charge is 0.350 e. The molecule has 0 bridgehead atoms. The Labute approximate surface area is 161 Å². The van der Waals surface area contributed by atoms with Gasteiger partial charge in [0.1, 0.15) is 0 Å². The molecule has 0 radical (unpaired) electrons. The van der Waals surface area contributed by atoms with E-state index in [1.165, 1.54) is 43.9 Å². The van der Waals surface area contributed by atoms with Crippen molar-refractivity contribution in [1.29, 1.82) is 0 Å². The van der Waals surface area contributed by atoms with Gasteiger partial charge in [-0.05, 0) is 50.3 Å². The third-order valence-electron chi connectivity index (χ3n) is 4.44. The van der Waals surface area contributed by atoms with E-state index >= 15 is 0 Å². The average molecular weight is 390 g/mol. The Morgan fingerprint density at radius 1 is 0.963 bits per heavy atom. The van der Waals surface area contributed by atoms with Crippen molar-refractivity contribution >= 4 is 15.9 Å². The molecule has 7 heteroatoms. The summed E-state index contributed by atoms with van der Waals surface area (Å²) in [5.74, 6) is -0.219. The number of hydrogen-bond donors (Lipinski definition) is 1. The summed E-state index contributed by atoms with van der Waals surface area (Å²) in [6.45, 7) is 0.498. The fourth-order valence-corrected chi connectivity index (χ4v) is 3.53. The van der Waals surface area contributed by atoms with Gasteiger partial charge >= 0.3 is 0 Å². The third kappa shape index (κ3) is 5.63. The predicted octanol–water partition coefficient (Wildman–Crippen LogP) is 1.84. The molecule has 0 aromatic heterocycles. The smallest absolute Gasteiger partial charge is 0.251 e. The molecule has 1 atom stereocenters. The Morgan fingerprint density at radius 3 is 2.07 bits per heavy atom. The zero-order valence-electron chi connectivity index (χ0n) is 16.2. The minimum absolute atomic E-state index is 0.157. The predicted molar refractivity (Wildman–Crippen MR) is 107 cm³/mol. The number of rotatable bonds is 8. The molecule has 0 saturated heterocycles. The molecule has 2 rings (SSSR count). The average Bonchev–Trinajstić information content (AvgIpc) is 2.65. The summed E-state index contributed by atoms with van der Waals surface area (Å²) in [5, 5.41) is 2.94. The number of likely N-dealkylation sites (N-methyl/N-ethyl adjacent to an activating group) is 1. The summed E-state index contributed by atoms with van der Waals surface area (Å²) in [7, 11) is 3.43. The number of hydrogen-bond acceptors (Lipinski definition) is 4. The SMILES string of the molecule is CN(C)[C@@H](CNC(=O)c1ccc(S(=O)(=O)N(C)C)cc1)Cc1ccccc1. The number of carbonyl (C=O) groups is 1. The molecule has 6 nitrogen and oxygen atoms in total. The van der Waals surface area contributed by atoms with Gasteiger partial charge in [0.15, 0.2) is 0 Å². The fraction of sp³-hybridized carbons (Fsp3) is 0.350. The van der Waals surface area contributed by atoms with Gasteiger partial charge in [-0.15, -0.1) is 0 Å². The van der Waals surface area contributed by atoms with Crippen LogP contribution in [0.4, 0.5) is 0 Å².